The molecular weight excluding hydrogens is 222 g/mol. The fraction of sp³-hybridized carbons (Fsp3) is 0.636. The van der Waals surface area contributed by atoms with Gasteiger partial charge in [0.1, 0.15) is 0 Å². The second kappa shape index (κ2) is 7.81. The minimum atomic E-state index is -0.104. The Morgan fingerprint density at radius 1 is 1.47 bits per heavy atom. The smallest absolute Gasteiger partial charge is 0.254 e. The third-order valence-electron chi connectivity index (χ3n) is 2.26. The lowest BCUT2D eigenvalue weighted by Gasteiger charge is -2.05. The van der Waals surface area contributed by atoms with Gasteiger partial charge in [-0.3, -0.25) is 9.89 Å². The second-order valence-electron chi connectivity index (χ2n) is 3.62. The SMILES string of the molecule is COCCOCCCNC(=O)c1cn[nH]c1C. The van der Waals surface area contributed by atoms with E-state index in [0.717, 1.165) is 12.1 Å². The molecular formula is C11H19N3O3. The zero-order chi connectivity index (χ0) is 12.5. The molecule has 1 heterocycles. The highest BCUT2D eigenvalue weighted by atomic mass is 16.5. The number of hydrogen-bond acceptors (Lipinski definition) is 4. The maximum atomic E-state index is 11.6. The summed E-state index contributed by atoms with van der Waals surface area (Å²) in [7, 11) is 1.64. The van der Waals surface area contributed by atoms with E-state index >= 15 is 0 Å². The lowest BCUT2D eigenvalue weighted by molar-refractivity contribution is 0.0688. The summed E-state index contributed by atoms with van der Waals surface area (Å²) in [4.78, 5) is 11.6. The van der Waals surface area contributed by atoms with Crippen LogP contribution in [0, 0.1) is 6.92 Å². The average Bonchev–Trinajstić information content (AvgIpc) is 2.74. The van der Waals surface area contributed by atoms with E-state index in [1.165, 1.54) is 6.20 Å². The van der Waals surface area contributed by atoms with Crippen LogP contribution < -0.4 is 5.32 Å². The summed E-state index contributed by atoms with van der Waals surface area (Å²) in [5, 5.41) is 9.33. The van der Waals surface area contributed by atoms with E-state index in [-0.39, 0.29) is 5.91 Å². The first-order valence-electron chi connectivity index (χ1n) is 5.60. The number of carbonyl (C=O) groups excluding carboxylic acids is 1. The minimum absolute atomic E-state index is 0.104. The first-order valence-corrected chi connectivity index (χ1v) is 5.60. The Kier molecular flexibility index (Phi) is 6.27. The maximum Gasteiger partial charge on any atom is 0.254 e. The first-order chi connectivity index (χ1) is 8.25. The van der Waals surface area contributed by atoms with Gasteiger partial charge in [0.15, 0.2) is 0 Å². The Labute approximate surface area is 101 Å². The molecule has 2 N–H and O–H groups in total. The second-order valence-corrected chi connectivity index (χ2v) is 3.62. The van der Waals surface area contributed by atoms with Gasteiger partial charge in [-0.25, -0.2) is 0 Å². The third kappa shape index (κ3) is 4.97. The molecule has 0 fully saturated rings. The number of aromatic nitrogens is 2. The Morgan fingerprint density at radius 2 is 2.29 bits per heavy atom. The average molecular weight is 241 g/mol. The highest BCUT2D eigenvalue weighted by Gasteiger charge is 2.09. The van der Waals surface area contributed by atoms with Gasteiger partial charge < -0.3 is 14.8 Å². The van der Waals surface area contributed by atoms with Crippen LogP contribution in [0.15, 0.2) is 6.20 Å². The van der Waals surface area contributed by atoms with Gasteiger partial charge >= 0.3 is 0 Å². The van der Waals surface area contributed by atoms with Crippen molar-refractivity contribution in [3.05, 3.63) is 17.5 Å². The van der Waals surface area contributed by atoms with Crippen molar-refractivity contribution in [2.45, 2.75) is 13.3 Å². The molecule has 0 saturated heterocycles. The number of nitrogens with one attached hydrogen (secondary N) is 2. The number of H-pyrrole nitrogens is 1. The van der Waals surface area contributed by atoms with Gasteiger partial charge in [-0.2, -0.15) is 5.10 Å². The van der Waals surface area contributed by atoms with Gasteiger partial charge in [0.25, 0.3) is 5.91 Å². The lowest BCUT2D eigenvalue weighted by atomic mass is 10.2. The Hall–Kier alpha value is -1.40. The van der Waals surface area contributed by atoms with Crippen LogP contribution in [0.4, 0.5) is 0 Å². The van der Waals surface area contributed by atoms with Crippen LogP contribution in [0.5, 0.6) is 0 Å². The van der Waals surface area contributed by atoms with Gasteiger partial charge in [0, 0.05) is 26.0 Å². The molecule has 0 aliphatic carbocycles. The van der Waals surface area contributed by atoms with E-state index in [1.54, 1.807) is 7.11 Å². The van der Waals surface area contributed by atoms with Crippen molar-refractivity contribution in [3.63, 3.8) is 0 Å². The predicted molar refractivity (Wildman–Crippen MR) is 63.0 cm³/mol. The van der Waals surface area contributed by atoms with Crippen molar-refractivity contribution in [1.82, 2.24) is 15.5 Å². The molecule has 0 unspecified atom stereocenters. The van der Waals surface area contributed by atoms with E-state index in [1.807, 2.05) is 6.92 Å². The number of rotatable bonds is 8. The van der Waals surface area contributed by atoms with Crippen molar-refractivity contribution in [2.24, 2.45) is 0 Å². The predicted octanol–water partition coefficient (Wildman–Crippen LogP) is 0.501. The Morgan fingerprint density at radius 3 is 2.94 bits per heavy atom. The molecule has 0 spiro atoms. The zero-order valence-electron chi connectivity index (χ0n) is 10.3. The first kappa shape index (κ1) is 13.7. The Balaban J connectivity index is 2.07. The van der Waals surface area contributed by atoms with Crippen molar-refractivity contribution in [1.29, 1.82) is 0 Å². The molecule has 1 aromatic heterocycles. The van der Waals surface area contributed by atoms with Crippen molar-refractivity contribution in [2.75, 3.05) is 33.5 Å². The number of methoxy groups -OCH3 is 1. The fourth-order valence-corrected chi connectivity index (χ4v) is 1.30. The van der Waals surface area contributed by atoms with Crippen LogP contribution in [0.3, 0.4) is 0 Å². The molecule has 1 aromatic rings. The summed E-state index contributed by atoms with van der Waals surface area (Å²) in [5.41, 5.74) is 1.36. The summed E-state index contributed by atoms with van der Waals surface area (Å²) in [5.74, 6) is -0.104. The van der Waals surface area contributed by atoms with Crippen LogP contribution in [-0.4, -0.2) is 49.6 Å². The summed E-state index contributed by atoms with van der Waals surface area (Å²) >= 11 is 0. The normalized spacial score (nSPS) is 10.5. The molecule has 6 heteroatoms. The monoisotopic (exact) mass is 241 g/mol. The fourth-order valence-electron chi connectivity index (χ4n) is 1.30. The molecule has 0 radical (unpaired) electrons. The molecule has 0 aromatic carbocycles. The third-order valence-corrected chi connectivity index (χ3v) is 2.26. The standard InChI is InChI=1S/C11H19N3O3/c1-9-10(8-13-14-9)11(15)12-4-3-5-17-7-6-16-2/h8H,3-7H2,1-2H3,(H,12,15)(H,13,14). The van der Waals surface area contributed by atoms with Crippen molar-refractivity contribution >= 4 is 5.91 Å². The van der Waals surface area contributed by atoms with E-state index in [2.05, 4.69) is 15.5 Å². The minimum Gasteiger partial charge on any atom is -0.382 e. The number of nitrogens with zero attached hydrogens (tertiary/aromatic N) is 1. The maximum absolute atomic E-state index is 11.6. The summed E-state index contributed by atoms with van der Waals surface area (Å²) in [6.45, 7) is 4.21. The molecule has 0 saturated carbocycles. The van der Waals surface area contributed by atoms with Crippen LogP contribution in [0.2, 0.25) is 0 Å². The zero-order valence-corrected chi connectivity index (χ0v) is 10.3. The van der Waals surface area contributed by atoms with Gasteiger partial charge in [0.05, 0.1) is 25.0 Å². The largest absolute Gasteiger partial charge is 0.382 e. The highest BCUT2D eigenvalue weighted by Crippen LogP contribution is 2.01. The number of amides is 1. The Bertz CT molecular complexity index is 338. The molecule has 1 rings (SSSR count). The molecule has 1 amide bonds. The summed E-state index contributed by atoms with van der Waals surface area (Å²) in [6.07, 6.45) is 2.31. The van der Waals surface area contributed by atoms with Gasteiger partial charge in [-0.1, -0.05) is 0 Å². The number of hydrogen-bond donors (Lipinski definition) is 2. The van der Waals surface area contributed by atoms with Crippen LogP contribution in [0.25, 0.3) is 0 Å². The number of carbonyl (C=O) groups is 1. The molecule has 6 nitrogen and oxygen atoms in total. The van der Waals surface area contributed by atoms with E-state index in [9.17, 15) is 4.79 Å². The summed E-state index contributed by atoms with van der Waals surface area (Å²) < 4.78 is 10.1. The van der Waals surface area contributed by atoms with Crippen molar-refractivity contribution < 1.29 is 14.3 Å². The topological polar surface area (TPSA) is 76.2 Å². The molecule has 17 heavy (non-hydrogen) atoms. The molecule has 0 atom stereocenters. The van der Waals surface area contributed by atoms with Crippen LogP contribution in [-0.2, 0) is 9.47 Å². The molecule has 0 aliphatic rings. The quantitative estimate of drug-likeness (QED) is 0.650. The summed E-state index contributed by atoms with van der Waals surface area (Å²) in [6, 6.07) is 0. The number of aromatic amines is 1. The van der Waals surface area contributed by atoms with Gasteiger partial charge in [-0.15, -0.1) is 0 Å². The van der Waals surface area contributed by atoms with Crippen molar-refractivity contribution in [3.8, 4) is 0 Å². The van der Waals surface area contributed by atoms with E-state index in [4.69, 9.17) is 9.47 Å². The number of aryl methyl sites for hydroxylation is 1. The highest BCUT2D eigenvalue weighted by molar-refractivity contribution is 5.94. The van der Waals surface area contributed by atoms with Crippen LogP contribution in [0.1, 0.15) is 22.5 Å². The number of ether oxygens (including phenoxy) is 2. The molecule has 0 bridgehead atoms. The van der Waals surface area contributed by atoms with E-state index < -0.39 is 0 Å². The molecule has 0 aliphatic heterocycles. The molecule has 96 valence electrons. The van der Waals surface area contributed by atoms with E-state index in [0.29, 0.717) is 31.9 Å². The van der Waals surface area contributed by atoms with Gasteiger partial charge in [0.2, 0.25) is 0 Å². The van der Waals surface area contributed by atoms with Crippen LogP contribution >= 0.6 is 0 Å². The lowest BCUT2D eigenvalue weighted by Crippen LogP contribution is -2.25. The van der Waals surface area contributed by atoms with Gasteiger partial charge in [-0.05, 0) is 13.3 Å².